The Hall–Kier alpha value is -3.29. The topological polar surface area (TPSA) is 78.9 Å². The van der Waals surface area contributed by atoms with E-state index in [2.05, 4.69) is 5.32 Å². The molecule has 2 atom stereocenters. The highest BCUT2D eigenvalue weighted by molar-refractivity contribution is 8.13. The van der Waals surface area contributed by atoms with Crippen LogP contribution in [0.3, 0.4) is 0 Å². The van der Waals surface area contributed by atoms with E-state index < -0.39 is 16.6 Å². The second-order valence-electron chi connectivity index (χ2n) is 7.78. The molecule has 6 nitrogen and oxygen atoms in total. The highest BCUT2D eigenvalue weighted by Crippen LogP contribution is 2.49. The van der Waals surface area contributed by atoms with Crippen molar-refractivity contribution in [1.82, 2.24) is 10.2 Å². The molecule has 7 heteroatoms. The number of hydrogen-bond donors (Lipinski definition) is 2. The van der Waals surface area contributed by atoms with Crippen LogP contribution in [-0.4, -0.2) is 41.4 Å². The molecule has 33 heavy (non-hydrogen) atoms. The lowest BCUT2D eigenvalue weighted by Crippen LogP contribution is -2.43. The molecule has 2 N–H and O–H groups in total. The SMILES string of the molecule is CNCCCN1C(=O)c2ccccc2C(SC(=O)O)C1c1cccc(Oc2ccccc2)c1. The number of thioether (sulfide) groups is 1. The fourth-order valence-electron chi connectivity index (χ4n) is 4.20. The maximum Gasteiger partial charge on any atom is 0.365 e. The number of hydrogen-bond acceptors (Lipinski definition) is 5. The Labute approximate surface area is 197 Å². The minimum atomic E-state index is -0.971. The summed E-state index contributed by atoms with van der Waals surface area (Å²) in [6.07, 6.45) is 0.756. The number of fused-ring (bicyclic) bond motifs is 1. The van der Waals surface area contributed by atoms with E-state index in [1.165, 1.54) is 0 Å². The van der Waals surface area contributed by atoms with Crippen LogP contribution in [0, 0.1) is 0 Å². The van der Waals surface area contributed by atoms with Gasteiger partial charge in [-0.05, 0) is 73.2 Å². The second kappa shape index (κ2) is 10.6. The molecule has 0 radical (unpaired) electrons. The maximum atomic E-state index is 13.5. The van der Waals surface area contributed by atoms with Gasteiger partial charge < -0.3 is 20.1 Å². The highest BCUT2D eigenvalue weighted by Gasteiger charge is 2.41. The summed E-state index contributed by atoms with van der Waals surface area (Å²) in [5, 5.41) is 11.4. The van der Waals surface area contributed by atoms with Crippen LogP contribution in [0.25, 0.3) is 0 Å². The summed E-state index contributed by atoms with van der Waals surface area (Å²) < 4.78 is 6.02. The summed E-state index contributed by atoms with van der Waals surface area (Å²) in [6, 6.07) is 23.9. The highest BCUT2D eigenvalue weighted by atomic mass is 32.2. The molecule has 170 valence electrons. The molecule has 0 bridgehead atoms. The van der Waals surface area contributed by atoms with Crippen molar-refractivity contribution in [3.8, 4) is 11.5 Å². The zero-order valence-electron chi connectivity index (χ0n) is 18.3. The number of ether oxygens (including phenoxy) is 1. The number of nitrogens with zero attached hydrogens (tertiary/aromatic N) is 1. The predicted octanol–water partition coefficient (Wildman–Crippen LogP) is 5.74. The predicted molar refractivity (Wildman–Crippen MR) is 130 cm³/mol. The fourth-order valence-corrected chi connectivity index (χ4v) is 5.18. The largest absolute Gasteiger partial charge is 0.473 e. The van der Waals surface area contributed by atoms with Crippen molar-refractivity contribution >= 4 is 23.0 Å². The smallest absolute Gasteiger partial charge is 0.365 e. The molecule has 0 aromatic heterocycles. The van der Waals surface area contributed by atoms with E-state index in [9.17, 15) is 14.7 Å². The molecule has 3 aromatic carbocycles. The molecule has 0 aliphatic carbocycles. The Bertz CT molecular complexity index is 1120. The van der Waals surface area contributed by atoms with Gasteiger partial charge in [0.2, 0.25) is 0 Å². The number of benzene rings is 3. The maximum absolute atomic E-state index is 13.5. The normalized spacial score (nSPS) is 17.5. The number of carboxylic acid groups (broad SMARTS) is 1. The lowest BCUT2D eigenvalue weighted by molar-refractivity contribution is 0.0640. The Morgan fingerprint density at radius 1 is 1.03 bits per heavy atom. The van der Waals surface area contributed by atoms with E-state index >= 15 is 0 Å². The Kier molecular flexibility index (Phi) is 7.32. The summed E-state index contributed by atoms with van der Waals surface area (Å²) in [7, 11) is 1.87. The summed E-state index contributed by atoms with van der Waals surface area (Å²) in [6.45, 7) is 1.27. The van der Waals surface area contributed by atoms with Crippen LogP contribution >= 0.6 is 11.8 Å². The Balaban J connectivity index is 1.76. The van der Waals surface area contributed by atoms with E-state index in [0.717, 1.165) is 35.9 Å². The van der Waals surface area contributed by atoms with Gasteiger partial charge in [-0.1, -0.05) is 48.5 Å². The quantitative estimate of drug-likeness (QED) is 0.416. The molecule has 4 rings (SSSR count). The summed E-state index contributed by atoms with van der Waals surface area (Å²) in [5.41, 5.74) is 2.15. The fraction of sp³-hybridized carbons (Fsp3) is 0.231. The molecule has 3 aromatic rings. The molecule has 1 aliphatic heterocycles. The van der Waals surface area contributed by atoms with Gasteiger partial charge >= 0.3 is 5.30 Å². The van der Waals surface area contributed by atoms with Crippen molar-refractivity contribution in [2.75, 3.05) is 20.1 Å². The van der Waals surface area contributed by atoms with Gasteiger partial charge in [0.25, 0.3) is 5.91 Å². The van der Waals surface area contributed by atoms with Crippen LogP contribution in [0.2, 0.25) is 0 Å². The van der Waals surface area contributed by atoms with Crippen LogP contribution in [0.5, 0.6) is 11.5 Å². The van der Waals surface area contributed by atoms with E-state index in [4.69, 9.17) is 4.74 Å². The van der Waals surface area contributed by atoms with Crippen molar-refractivity contribution in [2.24, 2.45) is 0 Å². The first-order valence-electron chi connectivity index (χ1n) is 10.9. The van der Waals surface area contributed by atoms with Crippen molar-refractivity contribution in [2.45, 2.75) is 17.7 Å². The molecule has 1 heterocycles. The molecule has 0 fully saturated rings. The first-order valence-corrected chi connectivity index (χ1v) is 11.7. The van der Waals surface area contributed by atoms with Gasteiger partial charge in [-0.25, -0.2) is 4.79 Å². The van der Waals surface area contributed by atoms with Crippen LogP contribution in [0.1, 0.15) is 39.2 Å². The monoisotopic (exact) mass is 462 g/mol. The van der Waals surface area contributed by atoms with E-state index in [-0.39, 0.29) is 5.91 Å². The van der Waals surface area contributed by atoms with Crippen molar-refractivity contribution < 1.29 is 19.4 Å². The zero-order chi connectivity index (χ0) is 23.2. The number of rotatable bonds is 8. The molecule has 0 saturated heterocycles. The summed E-state index contributed by atoms with van der Waals surface area (Å²) in [5.74, 6) is 1.27. The third-order valence-corrected chi connectivity index (χ3v) is 6.58. The molecule has 1 aliphatic rings. The van der Waals surface area contributed by atoms with E-state index in [1.807, 2.05) is 84.7 Å². The lowest BCUT2D eigenvalue weighted by Gasteiger charge is -2.41. The standard InChI is InChI=1S/C26H26N2O4S/c1-27-15-8-16-28-23(18-9-7-12-20(17-18)32-19-10-3-2-4-11-19)24(33-26(30)31)21-13-5-6-14-22(21)25(28)29/h2-7,9-14,17,23-24,27H,8,15-16H2,1H3,(H,30,31). The number of carbonyl (C=O) groups is 2. The van der Waals surface area contributed by atoms with Gasteiger partial charge in [-0.15, -0.1) is 0 Å². The van der Waals surface area contributed by atoms with Crippen LogP contribution in [0.4, 0.5) is 4.79 Å². The first kappa shape index (κ1) is 22.9. The van der Waals surface area contributed by atoms with Crippen LogP contribution < -0.4 is 10.1 Å². The van der Waals surface area contributed by atoms with Gasteiger partial charge in [-0.3, -0.25) is 4.79 Å². The third kappa shape index (κ3) is 5.21. The molecular formula is C26H26N2O4S. The molecule has 1 amide bonds. The van der Waals surface area contributed by atoms with Crippen molar-refractivity contribution in [3.05, 3.63) is 95.6 Å². The summed E-state index contributed by atoms with van der Waals surface area (Å²) >= 11 is 0.842. The van der Waals surface area contributed by atoms with Gasteiger partial charge in [0.15, 0.2) is 0 Å². The second-order valence-corrected chi connectivity index (χ2v) is 8.87. The zero-order valence-corrected chi connectivity index (χ0v) is 19.1. The minimum Gasteiger partial charge on any atom is -0.473 e. The average molecular weight is 463 g/mol. The van der Waals surface area contributed by atoms with Gasteiger partial charge in [-0.2, -0.15) is 0 Å². The first-order chi connectivity index (χ1) is 16.1. The van der Waals surface area contributed by atoms with Gasteiger partial charge in [0.05, 0.1) is 11.3 Å². The van der Waals surface area contributed by atoms with Crippen LogP contribution in [0.15, 0.2) is 78.9 Å². The molecular weight excluding hydrogens is 436 g/mol. The number of amides is 1. The average Bonchev–Trinajstić information content (AvgIpc) is 2.82. The van der Waals surface area contributed by atoms with Gasteiger partial charge in [0, 0.05) is 12.1 Å². The number of para-hydroxylation sites is 1. The minimum absolute atomic E-state index is 0.0803. The molecule has 0 saturated carbocycles. The van der Waals surface area contributed by atoms with Crippen molar-refractivity contribution in [3.63, 3.8) is 0 Å². The number of nitrogens with one attached hydrogen (secondary N) is 1. The molecule has 2 unspecified atom stereocenters. The van der Waals surface area contributed by atoms with Gasteiger partial charge in [0.1, 0.15) is 11.5 Å². The molecule has 0 spiro atoms. The third-order valence-electron chi connectivity index (χ3n) is 5.61. The van der Waals surface area contributed by atoms with Crippen molar-refractivity contribution in [1.29, 1.82) is 0 Å². The lowest BCUT2D eigenvalue weighted by atomic mass is 9.88. The van der Waals surface area contributed by atoms with E-state index in [0.29, 0.717) is 23.6 Å². The Morgan fingerprint density at radius 2 is 1.76 bits per heavy atom. The number of carbonyl (C=O) groups excluding carboxylic acids is 1. The Morgan fingerprint density at radius 3 is 2.52 bits per heavy atom. The van der Waals surface area contributed by atoms with Crippen LogP contribution in [-0.2, 0) is 0 Å². The summed E-state index contributed by atoms with van der Waals surface area (Å²) in [4.78, 5) is 27.2. The van der Waals surface area contributed by atoms with E-state index in [1.54, 1.807) is 6.07 Å².